The number of nitrogens with one attached hydrogen (secondary N) is 1. The molecule has 0 aliphatic carbocycles. The molecule has 0 aliphatic rings. The summed E-state index contributed by atoms with van der Waals surface area (Å²) in [6, 6.07) is 0. The van der Waals surface area contributed by atoms with E-state index in [4.69, 9.17) is 0 Å². The van der Waals surface area contributed by atoms with E-state index in [1.54, 1.807) is 0 Å². The van der Waals surface area contributed by atoms with E-state index in [2.05, 4.69) is 46.2 Å². The van der Waals surface area contributed by atoms with Gasteiger partial charge in [-0.15, -0.1) is 4.52 Å². The molecular formula is C14H26N6O2. The van der Waals surface area contributed by atoms with Crippen LogP contribution in [0.15, 0.2) is 4.79 Å². The molecule has 8 heteroatoms. The summed E-state index contributed by atoms with van der Waals surface area (Å²) in [4.78, 5) is 16.4. The zero-order valence-electron chi connectivity index (χ0n) is 13.8. The molecule has 0 fully saturated rings. The number of fused-ring (bicyclic) bond motifs is 1. The number of hydrogen-bond donors (Lipinski definition) is 2. The third-order valence-electron chi connectivity index (χ3n) is 3.56. The lowest BCUT2D eigenvalue weighted by atomic mass is 10.1. The molecule has 0 radical (unpaired) electrons. The average Bonchev–Trinajstić information content (AvgIpc) is 2.98. The van der Waals surface area contributed by atoms with Gasteiger partial charge in [0.1, 0.15) is 0 Å². The zero-order valence-corrected chi connectivity index (χ0v) is 13.8. The Morgan fingerprint density at radius 3 is 2.32 bits per heavy atom. The molecule has 2 aromatic rings. The van der Waals surface area contributed by atoms with E-state index >= 15 is 0 Å². The largest absolute Gasteiger partial charge is 0.493 e. The van der Waals surface area contributed by atoms with E-state index in [9.17, 15) is 9.90 Å². The minimum Gasteiger partial charge on any atom is -0.493 e. The number of aromatic nitrogens is 5. The van der Waals surface area contributed by atoms with Crippen LogP contribution in [0.2, 0.25) is 0 Å². The van der Waals surface area contributed by atoms with Gasteiger partial charge in [0.05, 0.1) is 5.56 Å². The summed E-state index contributed by atoms with van der Waals surface area (Å²) >= 11 is 0. The van der Waals surface area contributed by atoms with Crippen LogP contribution < -0.4 is 5.56 Å². The topological polar surface area (TPSA) is 99.4 Å². The van der Waals surface area contributed by atoms with E-state index < -0.39 is 0 Å². The van der Waals surface area contributed by atoms with Crippen molar-refractivity contribution in [2.45, 2.75) is 47.0 Å². The molecule has 0 spiro atoms. The number of hydrogen-bond acceptors (Lipinski definition) is 6. The van der Waals surface area contributed by atoms with Gasteiger partial charge in [0.2, 0.25) is 5.88 Å². The predicted molar refractivity (Wildman–Crippen MR) is 85.1 cm³/mol. The minimum atomic E-state index is -0.330. The molecule has 2 aromatic heterocycles. The average molecular weight is 310 g/mol. The molecule has 8 nitrogen and oxygen atoms in total. The van der Waals surface area contributed by atoms with Crippen LogP contribution in [0.25, 0.3) is 5.78 Å². The Balaban J connectivity index is 0.000000295. The monoisotopic (exact) mass is 310 g/mol. The van der Waals surface area contributed by atoms with Crippen molar-refractivity contribution < 1.29 is 5.11 Å². The highest BCUT2D eigenvalue weighted by atomic mass is 16.3. The number of tetrazole rings is 1. The Kier molecular flexibility index (Phi) is 7.51. The van der Waals surface area contributed by atoms with Gasteiger partial charge in [-0.2, -0.15) is 0 Å². The van der Waals surface area contributed by atoms with Crippen LogP contribution in [-0.4, -0.2) is 54.7 Å². The maximum atomic E-state index is 11.5. The van der Waals surface area contributed by atoms with Crippen molar-refractivity contribution in [1.82, 2.24) is 29.9 Å². The molecule has 0 amide bonds. The molecule has 0 aliphatic heterocycles. The maximum Gasteiger partial charge on any atom is 0.259 e. The van der Waals surface area contributed by atoms with Crippen molar-refractivity contribution in [3.8, 4) is 5.88 Å². The molecule has 124 valence electrons. The van der Waals surface area contributed by atoms with Gasteiger partial charge in [-0.3, -0.25) is 9.78 Å². The summed E-state index contributed by atoms with van der Waals surface area (Å²) < 4.78 is 1.12. The van der Waals surface area contributed by atoms with E-state index in [0.29, 0.717) is 12.0 Å². The van der Waals surface area contributed by atoms with E-state index in [1.807, 2.05) is 6.92 Å². The molecule has 2 heterocycles. The summed E-state index contributed by atoms with van der Waals surface area (Å²) in [5.74, 6) is -0.0232. The standard InChI is InChI=1S/C8H11N5O2.C6H15N/c1-2-3-4-5-6(14)9-8-10-11-12-13(8)7(5)15;1-4-7(5-2)6-3/h15H,2-4H2,1H3,(H,9,10,12,14);4-6H2,1-3H3. The SMILES string of the molecule is CCCCc1c(O)n2nnnc2[nH]c1=O.CCN(CC)CC. The van der Waals surface area contributed by atoms with Gasteiger partial charge in [-0.1, -0.05) is 39.2 Å². The Bertz CT molecular complexity index is 612. The molecule has 0 aromatic carbocycles. The second kappa shape index (κ2) is 9.14. The number of unbranched alkanes of at least 4 members (excludes halogenated alkanes) is 1. The molecule has 2 N–H and O–H groups in total. The number of rotatable bonds is 6. The van der Waals surface area contributed by atoms with Crippen LogP contribution in [-0.2, 0) is 6.42 Å². The summed E-state index contributed by atoms with van der Waals surface area (Å²) in [7, 11) is 0. The van der Waals surface area contributed by atoms with Crippen LogP contribution >= 0.6 is 0 Å². The zero-order chi connectivity index (χ0) is 16.5. The molecule has 22 heavy (non-hydrogen) atoms. The van der Waals surface area contributed by atoms with Crippen LogP contribution in [0, 0.1) is 0 Å². The van der Waals surface area contributed by atoms with Crippen LogP contribution in [0.5, 0.6) is 5.88 Å². The first kappa shape index (κ1) is 18.1. The maximum absolute atomic E-state index is 11.5. The van der Waals surface area contributed by atoms with Crippen LogP contribution in [0.3, 0.4) is 0 Å². The number of aromatic hydroxyl groups is 1. The van der Waals surface area contributed by atoms with Crippen LogP contribution in [0.1, 0.15) is 46.1 Å². The molecule has 0 saturated carbocycles. The van der Waals surface area contributed by atoms with Crippen molar-refractivity contribution in [3.05, 3.63) is 15.9 Å². The van der Waals surface area contributed by atoms with Crippen LogP contribution in [0.4, 0.5) is 0 Å². The second-order valence-electron chi connectivity index (χ2n) is 4.89. The van der Waals surface area contributed by atoms with Crippen molar-refractivity contribution >= 4 is 5.78 Å². The molecule has 0 saturated heterocycles. The smallest absolute Gasteiger partial charge is 0.259 e. The van der Waals surface area contributed by atoms with Gasteiger partial charge in [-0.05, 0) is 42.9 Å². The molecule has 0 unspecified atom stereocenters. The Morgan fingerprint density at radius 2 is 1.82 bits per heavy atom. The van der Waals surface area contributed by atoms with Gasteiger partial charge in [0.15, 0.2) is 0 Å². The van der Waals surface area contributed by atoms with Gasteiger partial charge in [0, 0.05) is 0 Å². The normalized spacial score (nSPS) is 10.8. The van der Waals surface area contributed by atoms with E-state index in [-0.39, 0.29) is 17.2 Å². The van der Waals surface area contributed by atoms with E-state index in [0.717, 1.165) is 17.4 Å². The van der Waals surface area contributed by atoms with Crippen molar-refractivity contribution in [1.29, 1.82) is 0 Å². The first-order valence-electron chi connectivity index (χ1n) is 7.83. The summed E-state index contributed by atoms with van der Waals surface area (Å²) in [6.07, 6.45) is 2.31. The second-order valence-corrected chi connectivity index (χ2v) is 4.89. The predicted octanol–water partition coefficient (Wildman–Crippen LogP) is 1.21. The highest BCUT2D eigenvalue weighted by molar-refractivity contribution is 5.33. The summed E-state index contributed by atoms with van der Waals surface area (Å²) in [6.45, 7) is 12.1. The van der Waals surface area contributed by atoms with Gasteiger partial charge < -0.3 is 10.0 Å². The third kappa shape index (κ3) is 4.52. The lowest BCUT2D eigenvalue weighted by molar-refractivity contribution is 0.321. The summed E-state index contributed by atoms with van der Waals surface area (Å²) in [5, 5.41) is 20.2. The quantitative estimate of drug-likeness (QED) is 0.832. The number of H-pyrrole nitrogens is 1. The molecular weight excluding hydrogens is 284 g/mol. The molecule has 0 bridgehead atoms. The van der Waals surface area contributed by atoms with Gasteiger partial charge in [-0.25, -0.2) is 0 Å². The first-order valence-corrected chi connectivity index (χ1v) is 7.83. The lowest BCUT2D eigenvalue weighted by Gasteiger charge is -2.13. The lowest BCUT2D eigenvalue weighted by Crippen LogP contribution is -2.21. The summed E-state index contributed by atoms with van der Waals surface area (Å²) in [5.41, 5.74) is -0.0000926. The Hall–Kier alpha value is -1.96. The van der Waals surface area contributed by atoms with Crippen molar-refractivity contribution in [2.75, 3.05) is 19.6 Å². The fraction of sp³-hybridized carbons (Fsp3) is 0.714. The first-order chi connectivity index (χ1) is 10.6. The fourth-order valence-electron chi connectivity index (χ4n) is 2.06. The number of aromatic amines is 1. The van der Waals surface area contributed by atoms with E-state index in [1.165, 1.54) is 19.6 Å². The van der Waals surface area contributed by atoms with Gasteiger partial charge >= 0.3 is 0 Å². The highest BCUT2D eigenvalue weighted by Crippen LogP contribution is 2.13. The fourth-order valence-corrected chi connectivity index (χ4v) is 2.06. The van der Waals surface area contributed by atoms with Crippen molar-refractivity contribution in [2.24, 2.45) is 0 Å². The Labute approximate surface area is 130 Å². The van der Waals surface area contributed by atoms with Gasteiger partial charge in [0.25, 0.3) is 11.3 Å². The third-order valence-corrected chi connectivity index (χ3v) is 3.56. The highest BCUT2D eigenvalue weighted by Gasteiger charge is 2.12. The molecule has 2 rings (SSSR count). The molecule has 0 atom stereocenters. The van der Waals surface area contributed by atoms with Crippen molar-refractivity contribution in [3.63, 3.8) is 0 Å². The Morgan fingerprint density at radius 1 is 1.18 bits per heavy atom. The minimum absolute atomic E-state index is 0.151. The number of nitrogens with zero attached hydrogens (tertiary/aromatic N) is 5.